The van der Waals surface area contributed by atoms with Gasteiger partial charge in [0, 0.05) is 4.47 Å². The number of ether oxygens (including phenoxy) is 1. The number of carbonyl (C=O) groups excluding carboxylic acids is 1. The molecular formula is C9H6BrClN2O2. The van der Waals surface area contributed by atoms with Crippen LogP contribution in [0.25, 0.3) is 0 Å². The molecule has 0 atom stereocenters. The first kappa shape index (κ1) is 11.8. The number of benzene rings is 1. The topological polar surface area (TPSA) is 62.1 Å². The zero-order valence-corrected chi connectivity index (χ0v) is 9.80. The molecular weight excluding hydrogens is 283 g/mol. The smallest absolute Gasteiger partial charge is 0.270 e. The van der Waals surface area contributed by atoms with Gasteiger partial charge >= 0.3 is 0 Å². The summed E-state index contributed by atoms with van der Waals surface area (Å²) in [6.07, 6.45) is 1.51. The zero-order valence-electron chi connectivity index (χ0n) is 7.46. The fourth-order valence-corrected chi connectivity index (χ4v) is 1.56. The highest BCUT2D eigenvalue weighted by molar-refractivity contribution is 9.10. The first-order valence-corrected chi connectivity index (χ1v) is 5.06. The Morgan fingerprint density at radius 3 is 3.00 bits per heavy atom. The van der Waals surface area contributed by atoms with Crippen molar-refractivity contribution in [2.24, 2.45) is 0 Å². The summed E-state index contributed by atoms with van der Waals surface area (Å²) in [5, 5.41) is 10.5. The summed E-state index contributed by atoms with van der Waals surface area (Å²) in [6.45, 7) is -0.241. The number of hydrogen-bond donors (Lipinski definition) is 1. The summed E-state index contributed by atoms with van der Waals surface area (Å²) in [5.74, 6) is -0.121. The molecule has 0 unspecified atom stereocenters. The van der Waals surface area contributed by atoms with Gasteiger partial charge in [-0.05, 0) is 18.2 Å². The fourth-order valence-electron chi connectivity index (χ4n) is 0.834. The molecule has 0 aliphatic heterocycles. The molecule has 0 bridgehead atoms. The predicted octanol–water partition coefficient (Wildman–Crippen LogP) is 2.08. The molecule has 0 aromatic heterocycles. The Morgan fingerprint density at radius 1 is 1.67 bits per heavy atom. The molecule has 4 nitrogen and oxygen atoms in total. The number of nitriles is 1. The van der Waals surface area contributed by atoms with Gasteiger partial charge in [-0.25, -0.2) is 0 Å². The fraction of sp³-hybridized carbons (Fsp3) is 0.111. The number of rotatable bonds is 3. The van der Waals surface area contributed by atoms with Crippen molar-refractivity contribution in [1.82, 2.24) is 5.32 Å². The van der Waals surface area contributed by atoms with Crippen molar-refractivity contribution in [3.05, 3.63) is 27.7 Å². The molecule has 0 radical (unpaired) electrons. The third kappa shape index (κ3) is 3.78. The molecule has 0 fully saturated rings. The van der Waals surface area contributed by atoms with Crippen molar-refractivity contribution in [2.75, 3.05) is 6.61 Å². The lowest BCUT2D eigenvalue weighted by molar-refractivity contribution is -0.121. The van der Waals surface area contributed by atoms with E-state index in [2.05, 4.69) is 15.9 Å². The minimum Gasteiger partial charge on any atom is -0.482 e. The standard InChI is InChI=1S/C9H6BrClN2O2/c10-6-1-2-8(7(11)3-6)15-4-9(14)13-5-12/h1-3H,4H2,(H,13,14). The molecule has 78 valence electrons. The van der Waals surface area contributed by atoms with Crippen LogP contribution in [0.1, 0.15) is 0 Å². The van der Waals surface area contributed by atoms with Crippen molar-refractivity contribution >= 4 is 33.4 Å². The maximum absolute atomic E-state index is 10.9. The van der Waals surface area contributed by atoms with Crippen LogP contribution >= 0.6 is 27.5 Å². The number of hydrogen-bond acceptors (Lipinski definition) is 3. The highest BCUT2D eigenvalue weighted by atomic mass is 79.9. The third-order valence-electron chi connectivity index (χ3n) is 1.45. The van der Waals surface area contributed by atoms with E-state index in [1.54, 1.807) is 18.2 Å². The van der Waals surface area contributed by atoms with Crippen molar-refractivity contribution < 1.29 is 9.53 Å². The van der Waals surface area contributed by atoms with Crippen LogP contribution < -0.4 is 10.1 Å². The number of carbonyl (C=O) groups is 1. The van der Waals surface area contributed by atoms with Crippen LogP contribution in [0, 0.1) is 11.5 Å². The second-order valence-corrected chi connectivity index (χ2v) is 3.85. The van der Waals surface area contributed by atoms with E-state index < -0.39 is 5.91 Å². The van der Waals surface area contributed by atoms with E-state index in [-0.39, 0.29) is 6.61 Å². The number of nitrogens with one attached hydrogen (secondary N) is 1. The van der Waals surface area contributed by atoms with Gasteiger partial charge in [0.05, 0.1) is 5.02 Å². The lowest BCUT2D eigenvalue weighted by atomic mass is 10.3. The summed E-state index contributed by atoms with van der Waals surface area (Å²) in [4.78, 5) is 10.9. The van der Waals surface area contributed by atoms with Crippen LogP contribution in [0.15, 0.2) is 22.7 Å². The lowest BCUT2D eigenvalue weighted by Crippen LogP contribution is -2.24. The Hall–Kier alpha value is -1.25. The molecule has 1 amide bonds. The predicted molar refractivity (Wildman–Crippen MR) is 58.4 cm³/mol. The molecule has 15 heavy (non-hydrogen) atoms. The Bertz CT molecular complexity index is 417. The summed E-state index contributed by atoms with van der Waals surface area (Å²) in [6, 6.07) is 5.02. The summed E-state index contributed by atoms with van der Waals surface area (Å²) in [5.41, 5.74) is 0. The van der Waals surface area contributed by atoms with Gasteiger partial charge in [-0.2, -0.15) is 5.26 Å². The average molecular weight is 290 g/mol. The highest BCUT2D eigenvalue weighted by Crippen LogP contribution is 2.27. The van der Waals surface area contributed by atoms with E-state index in [1.165, 1.54) is 6.19 Å². The molecule has 0 saturated carbocycles. The van der Waals surface area contributed by atoms with E-state index in [4.69, 9.17) is 21.6 Å². The second-order valence-electron chi connectivity index (χ2n) is 2.52. The molecule has 0 aliphatic carbocycles. The Balaban J connectivity index is 2.59. The van der Waals surface area contributed by atoms with Crippen molar-refractivity contribution in [2.45, 2.75) is 0 Å². The van der Waals surface area contributed by atoms with Gasteiger partial charge in [0.15, 0.2) is 12.8 Å². The summed E-state index contributed by atoms with van der Waals surface area (Å²) >= 11 is 9.08. The van der Waals surface area contributed by atoms with Gasteiger partial charge < -0.3 is 4.74 Å². The van der Waals surface area contributed by atoms with E-state index in [1.807, 2.05) is 5.32 Å². The van der Waals surface area contributed by atoms with E-state index in [9.17, 15) is 4.79 Å². The molecule has 6 heteroatoms. The average Bonchev–Trinajstić information content (AvgIpc) is 2.17. The number of halogens is 2. The quantitative estimate of drug-likeness (QED) is 0.684. The van der Waals surface area contributed by atoms with Crippen LogP contribution in [0.5, 0.6) is 5.75 Å². The van der Waals surface area contributed by atoms with Gasteiger partial charge in [-0.15, -0.1) is 0 Å². The number of nitrogens with zero attached hydrogens (tertiary/aromatic N) is 1. The lowest BCUT2D eigenvalue weighted by Gasteiger charge is -2.06. The molecule has 1 rings (SSSR count). The SMILES string of the molecule is N#CNC(=O)COc1ccc(Br)cc1Cl. The maximum atomic E-state index is 10.9. The van der Waals surface area contributed by atoms with Gasteiger partial charge in [-0.3, -0.25) is 10.1 Å². The van der Waals surface area contributed by atoms with Crippen molar-refractivity contribution in [1.29, 1.82) is 5.26 Å². The minimum atomic E-state index is -0.517. The molecule has 1 N–H and O–H groups in total. The Morgan fingerprint density at radius 2 is 2.40 bits per heavy atom. The molecule has 1 aromatic carbocycles. The zero-order chi connectivity index (χ0) is 11.3. The normalized spacial score (nSPS) is 9.13. The van der Waals surface area contributed by atoms with Crippen LogP contribution in [0.4, 0.5) is 0 Å². The number of amides is 1. The van der Waals surface area contributed by atoms with E-state index >= 15 is 0 Å². The van der Waals surface area contributed by atoms with Crippen molar-refractivity contribution in [3.8, 4) is 11.9 Å². The molecule has 0 spiro atoms. The largest absolute Gasteiger partial charge is 0.482 e. The van der Waals surface area contributed by atoms with E-state index in [0.29, 0.717) is 10.8 Å². The van der Waals surface area contributed by atoms with E-state index in [0.717, 1.165) is 4.47 Å². The molecule has 1 aromatic rings. The van der Waals surface area contributed by atoms with Crippen molar-refractivity contribution in [3.63, 3.8) is 0 Å². The first-order chi connectivity index (χ1) is 7.13. The second kappa shape index (κ2) is 5.59. The summed E-state index contributed by atoms with van der Waals surface area (Å²) < 4.78 is 5.91. The highest BCUT2D eigenvalue weighted by Gasteiger charge is 2.05. The Labute approximate surface area is 99.9 Å². The summed E-state index contributed by atoms with van der Waals surface area (Å²) in [7, 11) is 0. The third-order valence-corrected chi connectivity index (χ3v) is 2.24. The van der Waals surface area contributed by atoms with Gasteiger partial charge in [0.2, 0.25) is 0 Å². The van der Waals surface area contributed by atoms with Gasteiger partial charge in [0.1, 0.15) is 5.75 Å². The monoisotopic (exact) mass is 288 g/mol. The van der Waals surface area contributed by atoms with Crippen LogP contribution in [-0.4, -0.2) is 12.5 Å². The first-order valence-electron chi connectivity index (χ1n) is 3.89. The maximum Gasteiger partial charge on any atom is 0.270 e. The molecule has 0 saturated heterocycles. The molecule has 0 heterocycles. The molecule has 0 aliphatic rings. The van der Waals surface area contributed by atoms with Crippen LogP contribution in [0.2, 0.25) is 5.02 Å². The van der Waals surface area contributed by atoms with Gasteiger partial charge in [0.25, 0.3) is 5.91 Å². The minimum absolute atomic E-state index is 0.241. The Kier molecular flexibility index (Phi) is 4.40. The van der Waals surface area contributed by atoms with Crippen LogP contribution in [0.3, 0.4) is 0 Å². The van der Waals surface area contributed by atoms with Crippen LogP contribution in [-0.2, 0) is 4.79 Å². The van der Waals surface area contributed by atoms with Gasteiger partial charge in [-0.1, -0.05) is 27.5 Å².